The second kappa shape index (κ2) is 4.97. The first-order valence-corrected chi connectivity index (χ1v) is 5.66. The van der Waals surface area contributed by atoms with Gasteiger partial charge in [-0.25, -0.2) is 13.2 Å². The van der Waals surface area contributed by atoms with Crippen LogP contribution in [0.25, 0.3) is 0 Å². The molecule has 1 aliphatic rings. The molecule has 0 bridgehead atoms. The molecule has 0 saturated carbocycles. The molecule has 1 saturated heterocycles. The van der Waals surface area contributed by atoms with E-state index in [0.29, 0.717) is 38.2 Å². The lowest BCUT2D eigenvalue weighted by Crippen LogP contribution is -2.31. The summed E-state index contributed by atoms with van der Waals surface area (Å²) in [6, 6.07) is 1.01. The number of rotatable bonds is 2. The monoisotopic (exact) mass is 258 g/mol. The molecule has 2 N–H and O–H groups in total. The maximum absolute atomic E-state index is 13.4. The fourth-order valence-corrected chi connectivity index (χ4v) is 2.11. The van der Waals surface area contributed by atoms with Gasteiger partial charge in [0.15, 0.2) is 0 Å². The average molecular weight is 258 g/mol. The molecule has 1 amide bonds. The van der Waals surface area contributed by atoms with Crippen LogP contribution >= 0.6 is 0 Å². The molecule has 0 spiro atoms. The summed E-state index contributed by atoms with van der Waals surface area (Å²) in [5.41, 5.74) is 4.78. The van der Waals surface area contributed by atoms with Crippen molar-refractivity contribution in [3.05, 3.63) is 35.1 Å². The van der Waals surface area contributed by atoms with Crippen LogP contribution in [0.3, 0.4) is 0 Å². The smallest absolute Gasteiger partial charge is 0.259 e. The van der Waals surface area contributed by atoms with Crippen LogP contribution in [-0.4, -0.2) is 30.4 Å². The third-order valence-electron chi connectivity index (χ3n) is 3.13. The summed E-state index contributed by atoms with van der Waals surface area (Å²) < 4.78 is 39.6. The van der Waals surface area contributed by atoms with E-state index in [4.69, 9.17) is 5.73 Å². The van der Waals surface area contributed by atoms with Gasteiger partial charge in [-0.3, -0.25) is 4.79 Å². The highest BCUT2D eigenvalue weighted by Gasteiger charge is 2.29. The highest BCUT2D eigenvalue weighted by atomic mass is 19.1. The van der Waals surface area contributed by atoms with Crippen molar-refractivity contribution in [2.24, 2.45) is 11.7 Å². The highest BCUT2D eigenvalue weighted by molar-refractivity contribution is 5.95. The van der Waals surface area contributed by atoms with E-state index in [9.17, 15) is 18.0 Å². The van der Waals surface area contributed by atoms with E-state index in [1.807, 2.05) is 0 Å². The molecule has 98 valence electrons. The van der Waals surface area contributed by atoms with Crippen molar-refractivity contribution < 1.29 is 18.0 Å². The molecule has 0 unspecified atom stereocenters. The first-order valence-electron chi connectivity index (χ1n) is 5.66. The molecule has 1 aromatic carbocycles. The number of carbonyl (C=O) groups is 1. The number of carbonyl (C=O) groups excluding carboxylic acids is 1. The van der Waals surface area contributed by atoms with Gasteiger partial charge in [0, 0.05) is 25.2 Å². The molecule has 3 nitrogen and oxygen atoms in total. The molecule has 0 radical (unpaired) electrons. The van der Waals surface area contributed by atoms with Gasteiger partial charge in [-0.15, -0.1) is 0 Å². The first kappa shape index (κ1) is 12.9. The largest absolute Gasteiger partial charge is 0.338 e. The average Bonchev–Trinajstić information content (AvgIpc) is 2.75. The topological polar surface area (TPSA) is 46.3 Å². The predicted octanol–water partition coefficient (Wildman–Crippen LogP) is 1.52. The van der Waals surface area contributed by atoms with Crippen LogP contribution in [0.15, 0.2) is 12.1 Å². The van der Waals surface area contributed by atoms with Gasteiger partial charge in [0.05, 0.1) is 0 Å². The summed E-state index contributed by atoms with van der Waals surface area (Å²) in [7, 11) is 0. The summed E-state index contributed by atoms with van der Waals surface area (Å²) in [5.74, 6) is -3.98. The van der Waals surface area contributed by atoms with E-state index in [2.05, 4.69) is 0 Å². The fraction of sp³-hybridized carbons (Fsp3) is 0.417. The lowest BCUT2D eigenvalue weighted by atomic mass is 10.1. The van der Waals surface area contributed by atoms with E-state index in [1.165, 1.54) is 4.90 Å². The summed E-state index contributed by atoms with van der Waals surface area (Å²) in [6.45, 7) is 1.22. The van der Waals surface area contributed by atoms with Gasteiger partial charge in [0.2, 0.25) is 0 Å². The maximum Gasteiger partial charge on any atom is 0.259 e. The molecule has 0 aliphatic carbocycles. The minimum atomic E-state index is -1.17. The molecule has 6 heteroatoms. The van der Waals surface area contributed by atoms with E-state index >= 15 is 0 Å². The summed E-state index contributed by atoms with van der Waals surface area (Å²) >= 11 is 0. The van der Waals surface area contributed by atoms with Gasteiger partial charge in [-0.2, -0.15) is 0 Å². The van der Waals surface area contributed by atoms with Gasteiger partial charge < -0.3 is 10.6 Å². The molecule has 1 atom stereocenters. The van der Waals surface area contributed by atoms with Gasteiger partial charge in [0.1, 0.15) is 23.0 Å². The first-order chi connectivity index (χ1) is 8.52. The minimum Gasteiger partial charge on any atom is -0.338 e. The van der Waals surface area contributed by atoms with Crippen LogP contribution in [0.1, 0.15) is 16.8 Å². The van der Waals surface area contributed by atoms with Crippen molar-refractivity contribution in [2.75, 3.05) is 19.6 Å². The Kier molecular flexibility index (Phi) is 3.56. The number of hydrogen-bond donors (Lipinski definition) is 1. The number of benzene rings is 1. The van der Waals surface area contributed by atoms with Crippen molar-refractivity contribution in [1.29, 1.82) is 0 Å². The van der Waals surface area contributed by atoms with E-state index in [-0.39, 0.29) is 5.92 Å². The Morgan fingerprint density at radius 1 is 1.33 bits per heavy atom. The van der Waals surface area contributed by atoms with Gasteiger partial charge >= 0.3 is 0 Å². The Bertz CT molecular complexity index is 455. The number of likely N-dealkylation sites (tertiary alicyclic amines) is 1. The normalized spacial score (nSPS) is 19.3. The third kappa shape index (κ3) is 2.33. The number of nitrogens with zero attached hydrogens (tertiary/aromatic N) is 1. The van der Waals surface area contributed by atoms with E-state index < -0.39 is 28.9 Å². The van der Waals surface area contributed by atoms with Gasteiger partial charge in [-0.1, -0.05) is 0 Å². The molecule has 18 heavy (non-hydrogen) atoms. The SMILES string of the molecule is NC[C@@H]1CCN(C(=O)c2c(F)cc(F)cc2F)C1. The molecule has 1 heterocycles. The van der Waals surface area contributed by atoms with Crippen LogP contribution in [0.2, 0.25) is 0 Å². The van der Waals surface area contributed by atoms with Crippen molar-refractivity contribution in [3.8, 4) is 0 Å². The van der Waals surface area contributed by atoms with Crippen LogP contribution in [0.4, 0.5) is 13.2 Å². The van der Waals surface area contributed by atoms with Gasteiger partial charge in [-0.05, 0) is 18.9 Å². The molecular weight excluding hydrogens is 245 g/mol. The summed E-state index contributed by atoms with van der Waals surface area (Å²) in [6.07, 6.45) is 0.715. The quantitative estimate of drug-likeness (QED) is 0.874. The van der Waals surface area contributed by atoms with Crippen molar-refractivity contribution in [1.82, 2.24) is 4.90 Å². The lowest BCUT2D eigenvalue weighted by molar-refractivity contribution is 0.0778. The van der Waals surface area contributed by atoms with Crippen molar-refractivity contribution in [2.45, 2.75) is 6.42 Å². The summed E-state index contributed by atoms with van der Waals surface area (Å²) in [5, 5.41) is 0. The minimum absolute atomic E-state index is 0.153. The molecular formula is C12H13F3N2O. The van der Waals surface area contributed by atoms with Crippen LogP contribution < -0.4 is 5.73 Å². The molecule has 1 aromatic rings. The molecule has 0 aromatic heterocycles. The fourth-order valence-electron chi connectivity index (χ4n) is 2.11. The Hall–Kier alpha value is -1.56. The molecule has 2 rings (SSSR count). The van der Waals surface area contributed by atoms with Gasteiger partial charge in [0.25, 0.3) is 5.91 Å². The standard InChI is InChI=1S/C12H13F3N2O/c13-8-3-9(14)11(10(15)4-8)12(18)17-2-1-7(5-16)6-17/h3-4,7H,1-2,5-6,16H2/t7-/m0/s1. The van der Waals surface area contributed by atoms with Crippen LogP contribution in [0, 0.1) is 23.4 Å². The highest BCUT2D eigenvalue weighted by Crippen LogP contribution is 2.21. The zero-order chi connectivity index (χ0) is 13.3. The number of amides is 1. The number of nitrogens with two attached hydrogens (primary N) is 1. The van der Waals surface area contributed by atoms with E-state index in [1.54, 1.807) is 0 Å². The Morgan fingerprint density at radius 2 is 1.94 bits per heavy atom. The van der Waals surface area contributed by atoms with Crippen molar-refractivity contribution >= 4 is 5.91 Å². The zero-order valence-electron chi connectivity index (χ0n) is 9.63. The number of halogens is 3. The molecule has 1 fully saturated rings. The molecule has 1 aliphatic heterocycles. The predicted molar refractivity (Wildman–Crippen MR) is 59.4 cm³/mol. The van der Waals surface area contributed by atoms with Crippen molar-refractivity contribution in [3.63, 3.8) is 0 Å². The second-order valence-electron chi connectivity index (χ2n) is 4.39. The maximum atomic E-state index is 13.4. The third-order valence-corrected chi connectivity index (χ3v) is 3.13. The summed E-state index contributed by atoms with van der Waals surface area (Å²) in [4.78, 5) is 13.3. The lowest BCUT2D eigenvalue weighted by Gasteiger charge is -2.17. The Morgan fingerprint density at radius 3 is 2.44 bits per heavy atom. The Labute approximate surface area is 102 Å². The van der Waals surface area contributed by atoms with E-state index in [0.717, 1.165) is 0 Å². The second-order valence-corrected chi connectivity index (χ2v) is 4.39. The Balaban J connectivity index is 2.25. The zero-order valence-corrected chi connectivity index (χ0v) is 9.63. The van der Waals surface area contributed by atoms with Crippen LogP contribution in [0.5, 0.6) is 0 Å². The van der Waals surface area contributed by atoms with Crippen LogP contribution in [-0.2, 0) is 0 Å². The number of hydrogen-bond acceptors (Lipinski definition) is 2.